The third-order valence-electron chi connectivity index (χ3n) is 5.09. The van der Waals surface area contributed by atoms with Crippen molar-refractivity contribution in [3.05, 3.63) is 66.1 Å². The lowest BCUT2D eigenvalue weighted by atomic mass is 10.1. The third-order valence-corrected chi connectivity index (χ3v) is 5.09. The largest absolute Gasteiger partial charge is 0.497 e. The normalized spacial score (nSPS) is 19.0. The molecule has 0 aliphatic carbocycles. The number of ether oxygens (including phenoxy) is 2. The van der Waals surface area contributed by atoms with E-state index in [1.165, 1.54) is 12.1 Å². The van der Waals surface area contributed by atoms with Crippen LogP contribution < -0.4 is 4.74 Å². The predicted octanol–water partition coefficient (Wildman–Crippen LogP) is 3.94. The maximum Gasteiger partial charge on any atom is 0.257 e. The lowest BCUT2D eigenvalue weighted by molar-refractivity contribution is -0.0586. The lowest BCUT2D eigenvalue weighted by Gasteiger charge is -2.35. The number of aromatic nitrogens is 2. The second kappa shape index (κ2) is 8.28. The van der Waals surface area contributed by atoms with E-state index < -0.39 is 0 Å². The predicted molar refractivity (Wildman–Crippen MR) is 111 cm³/mol. The van der Waals surface area contributed by atoms with Gasteiger partial charge >= 0.3 is 0 Å². The number of benzene rings is 2. The number of hydrogen-bond donors (Lipinski definition) is 0. The summed E-state index contributed by atoms with van der Waals surface area (Å²) in [6.45, 7) is 4.95. The van der Waals surface area contributed by atoms with Crippen molar-refractivity contribution in [3.63, 3.8) is 0 Å². The summed E-state index contributed by atoms with van der Waals surface area (Å²) in [5.41, 5.74) is 2.47. The first-order chi connectivity index (χ1) is 14.4. The van der Waals surface area contributed by atoms with Gasteiger partial charge in [0, 0.05) is 24.8 Å². The number of methoxy groups -OCH3 is 1. The summed E-state index contributed by atoms with van der Waals surface area (Å²) in [4.78, 5) is 15.3. The van der Waals surface area contributed by atoms with Crippen LogP contribution in [-0.2, 0) is 4.74 Å². The summed E-state index contributed by atoms with van der Waals surface area (Å²) in [6.07, 6.45) is 1.63. The molecule has 1 fully saturated rings. The van der Waals surface area contributed by atoms with Crippen LogP contribution in [0, 0.1) is 5.82 Å². The number of halogens is 1. The van der Waals surface area contributed by atoms with E-state index in [9.17, 15) is 9.18 Å². The molecule has 2 heterocycles. The van der Waals surface area contributed by atoms with Crippen LogP contribution in [0.2, 0.25) is 0 Å². The molecule has 30 heavy (non-hydrogen) atoms. The van der Waals surface area contributed by atoms with Crippen LogP contribution >= 0.6 is 0 Å². The smallest absolute Gasteiger partial charge is 0.257 e. The highest BCUT2D eigenvalue weighted by molar-refractivity contribution is 6.00. The summed E-state index contributed by atoms with van der Waals surface area (Å²) in [5, 5.41) is 4.67. The molecule has 6 nitrogen and oxygen atoms in total. The van der Waals surface area contributed by atoms with Gasteiger partial charge in [0.15, 0.2) is 0 Å². The maximum atomic E-state index is 13.5. The van der Waals surface area contributed by atoms with Gasteiger partial charge in [0.1, 0.15) is 17.3 Å². The average molecular weight is 409 g/mol. The Morgan fingerprint density at radius 1 is 1.13 bits per heavy atom. The molecule has 1 aliphatic heterocycles. The van der Waals surface area contributed by atoms with E-state index in [-0.39, 0.29) is 23.9 Å². The van der Waals surface area contributed by atoms with E-state index in [2.05, 4.69) is 5.10 Å². The van der Waals surface area contributed by atoms with E-state index in [0.717, 1.165) is 5.56 Å². The first kappa shape index (κ1) is 20.1. The fourth-order valence-corrected chi connectivity index (χ4v) is 3.75. The summed E-state index contributed by atoms with van der Waals surface area (Å²) in [6, 6.07) is 13.4. The maximum absolute atomic E-state index is 13.5. The second-order valence-corrected chi connectivity index (χ2v) is 7.51. The molecule has 0 bridgehead atoms. The molecule has 0 spiro atoms. The Kier molecular flexibility index (Phi) is 5.55. The zero-order chi connectivity index (χ0) is 21.3. The van der Waals surface area contributed by atoms with Crippen molar-refractivity contribution in [1.29, 1.82) is 0 Å². The zero-order valence-corrected chi connectivity index (χ0v) is 17.2. The fraction of sp³-hybridized carbons (Fsp3) is 0.304. The molecule has 2 atom stereocenters. The van der Waals surface area contributed by atoms with Crippen LogP contribution in [0.15, 0.2) is 54.7 Å². The summed E-state index contributed by atoms with van der Waals surface area (Å²) in [7, 11) is 1.60. The second-order valence-electron chi connectivity index (χ2n) is 7.51. The van der Waals surface area contributed by atoms with Crippen LogP contribution in [0.25, 0.3) is 16.9 Å². The van der Waals surface area contributed by atoms with Gasteiger partial charge in [-0.15, -0.1) is 0 Å². The summed E-state index contributed by atoms with van der Waals surface area (Å²) in [5.74, 6) is 0.241. The van der Waals surface area contributed by atoms with Gasteiger partial charge in [0.25, 0.3) is 5.91 Å². The molecule has 4 rings (SSSR count). The van der Waals surface area contributed by atoms with Gasteiger partial charge in [-0.05, 0) is 50.2 Å². The average Bonchev–Trinajstić information content (AvgIpc) is 3.18. The molecule has 1 amide bonds. The Morgan fingerprint density at radius 3 is 2.50 bits per heavy atom. The lowest BCUT2D eigenvalue weighted by Crippen LogP contribution is -2.48. The molecule has 1 aliphatic rings. The molecule has 0 radical (unpaired) electrons. The first-order valence-corrected chi connectivity index (χ1v) is 9.89. The van der Waals surface area contributed by atoms with Gasteiger partial charge in [-0.3, -0.25) is 4.79 Å². The van der Waals surface area contributed by atoms with Crippen molar-refractivity contribution in [2.45, 2.75) is 26.1 Å². The van der Waals surface area contributed by atoms with Crippen molar-refractivity contribution < 1.29 is 18.7 Å². The Labute approximate surface area is 174 Å². The topological polar surface area (TPSA) is 56.6 Å². The highest BCUT2D eigenvalue weighted by Gasteiger charge is 2.29. The molecule has 7 heteroatoms. The van der Waals surface area contributed by atoms with Crippen LogP contribution in [0.3, 0.4) is 0 Å². The van der Waals surface area contributed by atoms with Crippen molar-refractivity contribution in [1.82, 2.24) is 14.7 Å². The number of carbonyl (C=O) groups excluding carboxylic acids is 1. The van der Waals surface area contributed by atoms with Gasteiger partial charge in [-0.25, -0.2) is 9.07 Å². The molecule has 2 aromatic carbocycles. The molecule has 0 saturated carbocycles. The summed E-state index contributed by atoms with van der Waals surface area (Å²) >= 11 is 0. The Morgan fingerprint density at radius 2 is 1.83 bits per heavy atom. The quantitative estimate of drug-likeness (QED) is 0.655. The first-order valence-electron chi connectivity index (χ1n) is 9.89. The molecular weight excluding hydrogens is 385 g/mol. The number of morpholine rings is 1. The van der Waals surface area contributed by atoms with Gasteiger partial charge in [-0.2, -0.15) is 5.10 Å². The van der Waals surface area contributed by atoms with Crippen molar-refractivity contribution in [3.8, 4) is 22.7 Å². The van der Waals surface area contributed by atoms with Crippen LogP contribution in [-0.4, -0.2) is 53.0 Å². The molecule has 156 valence electrons. The minimum Gasteiger partial charge on any atom is -0.497 e. The van der Waals surface area contributed by atoms with Gasteiger partial charge in [0.2, 0.25) is 0 Å². The van der Waals surface area contributed by atoms with E-state index in [4.69, 9.17) is 9.47 Å². The Hall–Kier alpha value is -3.19. The van der Waals surface area contributed by atoms with Gasteiger partial charge < -0.3 is 14.4 Å². The molecule has 2 unspecified atom stereocenters. The van der Waals surface area contributed by atoms with E-state index in [0.29, 0.717) is 35.8 Å². The highest BCUT2D eigenvalue weighted by atomic mass is 19.1. The molecular formula is C23H24FN3O3. The highest BCUT2D eigenvalue weighted by Crippen LogP contribution is 2.28. The van der Waals surface area contributed by atoms with Gasteiger partial charge in [-0.1, -0.05) is 12.1 Å². The molecule has 1 aromatic heterocycles. The fourth-order valence-electron chi connectivity index (χ4n) is 3.75. The molecule has 3 aromatic rings. The van der Waals surface area contributed by atoms with Crippen LogP contribution in [0.5, 0.6) is 5.75 Å². The van der Waals surface area contributed by atoms with E-state index in [1.807, 2.05) is 38.1 Å². The number of rotatable bonds is 4. The minimum absolute atomic E-state index is 0.0369. The Bertz CT molecular complexity index is 1040. The van der Waals surface area contributed by atoms with Crippen molar-refractivity contribution in [2.24, 2.45) is 0 Å². The standard InChI is InChI=1S/C23H24FN3O3/c1-15-12-26(13-16(2)30-15)23(28)21-14-27(19-9-7-18(24)8-10-19)25-22(21)17-5-4-6-20(11-17)29-3/h4-11,14-16H,12-13H2,1-3H3. The van der Waals surface area contributed by atoms with Crippen LogP contribution in [0.4, 0.5) is 4.39 Å². The molecule has 0 N–H and O–H groups in total. The van der Waals surface area contributed by atoms with Gasteiger partial charge in [0.05, 0.1) is 30.6 Å². The number of hydrogen-bond acceptors (Lipinski definition) is 4. The van der Waals surface area contributed by atoms with E-state index >= 15 is 0 Å². The van der Waals surface area contributed by atoms with Crippen molar-refractivity contribution >= 4 is 5.91 Å². The SMILES string of the molecule is COc1cccc(-c2nn(-c3ccc(F)cc3)cc2C(=O)N2CC(C)OC(C)C2)c1. The minimum atomic E-state index is -0.327. The van der Waals surface area contributed by atoms with Crippen LogP contribution in [0.1, 0.15) is 24.2 Å². The molecule has 1 saturated heterocycles. The monoisotopic (exact) mass is 409 g/mol. The Balaban J connectivity index is 1.78. The van der Waals surface area contributed by atoms with E-state index in [1.54, 1.807) is 35.0 Å². The number of nitrogens with zero attached hydrogens (tertiary/aromatic N) is 3. The number of carbonyl (C=O) groups is 1. The van der Waals surface area contributed by atoms with Crippen molar-refractivity contribution in [2.75, 3.05) is 20.2 Å². The summed E-state index contributed by atoms with van der Waals surface area (Å²) < 4.78 is 26.1. The number of amides is 1. The third kappa shape index (κ3) is 4.07. The zero-order valence-electron chi connectivity index (χ0n) is 17.2.